The van der Waals surface area contributed by atoms with Crippen LogP contribution < -0.4 is 5.32 Å². The minimum atomic E-state index is -3.17. The Balaban J connectivity index is 0.000000189. The Morgan fingerprint density at radius 3 is 2.55 bits per heavy atom. The summed E-state index contributed by atoms with van der Waals surface area (Å²) in [4.78, 5) is 0.414. The molecule has 0 unspecified atom stereocenters. The molecule has 4 heteroatoms. The monoisotopic (exact) mass is 429 g/mol. The first-order chi connectivity index (χ1) is 15.0. The van der Waals surface area contributed by atoms with Gasteiger partial charge in [-0.25, -0.2) is 8.42 Å². The number of benzene rings is 2. The Kier molecular flexibility index (Phi) is 5.19. The summed E-state index contributed by atoms with van der Waals surface area (Å²) in [5, 5.41) is 3.20. The van der Waals surface area contributed by atoms with Gasteiger partial charge in [0.05, 0.1) is 4.90 Å². The van der Waals surface area contributed by atoms with Crippen LogP contribution in [-0.4, -0.2) is 14.7 Å². The Morgan fingerprint density at radius 2 is 1.74 bits per heavy atom. The van der Waals surface area contributed by atoms with Crippen molar-refractivity contribution in [2.75, 3.05) is 6.26 Å². The van der Waals surface area contributed by atoms with E-state index in [4.69, 9.17) is 0 Å². The summed E-state index contributed by atoms with van der Waals surface area (Å²) in [5.41, 5.74) is 10.5. The molecule has 0 fully saturated rings. The molecule has 158 valence electrons. The molecular formula is C27H27NO2S. The van der Waals surface area contributed by atoms with Gasteiger partial charge in [0.15, 0.2) is 9.84 Å². The normalized spacial score (nSPS) is 17.7. The zero-order valence-electron chi connectivity index (χ0n) is 17.8. The molecule has 2 bridgehead atoms. The standard InChI is InChI=1S/C19H18O2S.C8H9N/c1-22(20,21)15-9-6-14-8-10-17-16-5-3-2-4-13(16)7-11-18(17)19(14)12-15;1-3-8-4-2-7(1)5-6-9-8/h2,4,6-7,9,11-12H,3,5,8,10H2,1H3;1,3,5-6,9H,2,4H2. The van der Waals surface area contributed by atoms with Crippen LogP contribution in [0.4, 0.5) is 0 Å². The Morgan fingerprint density at radius 1 is 0.839 bits per heavy atom. The highest BCUT2D eigenvalue weighted by atomic mass is 32.2. The van der Waals surface area contributed by atoms with E-state index in [1.807, 2.05) is 18.3 Å². The lowest BCUT2D eigenvalue weighted by Crippen LogP contribution is -2.10. The van der Waals surface area contributed by atoms with E-state index in [2.05, 4.69) is 47.8 Å². The zero-order chi connectivity index (χ0) is 21.4. The van der Waals surface area contributed by atoms with Crippen LogP contribution in [0.15, 0.2) is 77.0 Å². The van der Waals surface area contributed by atoms with Crippen molar-refractivity contribution in [3.63, 3.8) is 0 Å². The zero-order valence-corrected chi connectivity index (χ0v) is 18.6. The number of nitrogens with one attached hydrogen (secondary N) is 1. The minimum absolute atomic E-state index is 0.414. The van der Waals surface area contributed by atoms with Crippen LogP contribution in [0.5, 0.6) is 0 Å². The summed E-state index contributed by atoms with van der Waals surface area (Å²) >= 11 is 0. The molecule has 31 heavy (non-hydrogen) atoms. The molecule has 0 aromatic heterocycles. The second-order valence-electron chi connectivity index (χ2n) is 8.60. The topological polar surface area (TPSA) is 46.2 Å². The first kappa shape index (κ1) is 20.1. The van der Waals surface area contributed by atoms with Gasteiger partial charge in [0.25, 0.3) is 0 Å². The second kappa shape index (κ2) is 8.01. The van der Waals surface area contributed by atoms with E-state index < -0.39 is 9.84 Å². The van der Waals surface area contributed by atoms with Gasteiger partial charge >= 0.3 is 0 Å². The molecule has 3 aliphatic carbocycles. The van der Waals surface area contributed by atoms with E-state index >= 15 is 0 Å². The maximum atomic E-state index is 11.9. The lowest BCUT2D eigenvalue weighted by Gasteiger charge is -2.25. The lowest BCUT2D eigenvalue weighted by molar-refractivity contribution is 0.602. The molecule has 1 N–H and O–H groups in total. The quantitative estimate of drug-likeness (QED) is 0.649. The molecule has 0 atom stereocenters. The van der Waals surface area contributed by atoms with Gasteiger partial charge in [-0.05, 0) is 102 Å². The highest BCUT2D eigenvalue weighted by Crippen LogP contribution is 2.39. The van der Waals surface area contributed by atoms with Crippen LogP contribution in [-0.2, 0) is 29.1 Å². The molecule has 0 amide bonds. The van der Waals surface area contributed by atoms with Gasteiger partial charge < -0.3 is 5.32 Å². The van der Waals surface area contributed by atoms with E-state index in [-0.39, 0.29) is 0 Å². The van der Waals surface area contributed by atoms with Gasteiger partial charge in [0, 0.05) is 18.2 Å². The third-order valence-electron chi connectivity index (χ3n) is 6.52. The summed E-state index contributed by atoms with van der Waals surface area (Å²) in [6.45, 7) is 0. The summed E-state index contributed by atoms with van der Waals surface area (Å²) in [6.07, 6.45) is 20.8. The van der Waals surface area contributed by atoms with Crippen molar-refractivity contribution in [3.8, 4) is 11.1 Å². The predicted octanol–water partition coefficient (Wildman–Crippen LogP) is 5.52. The molecule has 2 aromatic carbocycles. The number of sulfone groups is 1. The van der Waals surface area contributed by atoms with Crippen LogP contribution in [0.1, 0.15) is 41.5 Å². The third-order valence-corrected chi connectivity index (χ3v) is 7.63. The largest absolute Gasteiger partial charge is 0.365 e. The highest BCUT2D eigenvalue weighted by Gasteiger charge is 2.22. The van der Waals surface area contributed by atoms with Gasteiger partial charge in [0.1, 0.15) is 0 Å². The fourth-order valence-corrected chi connectivity index (χ4v) is 5.47. The smallest absolute Gasteiger partial charge is 0.175 e. The molecular weight excluding hydrogens is 402 g/mol. The number of hydrogen-bond donors (Lipinski definition) is 1. The minimum Gasteiger partial charge on any atom is -0.365 e. The van der Waals surface area contributed by atoms with E-state index in [0.717, 1.165) is 31.2 Å². The number of fused-ring (bicyclic) bond motifs is 8. The number of rotatable bonds is 1. The van der Waals surface area contributed by atoms with Crippen molar-refractivity contribution in [2.45, 2.75) is 43.4 Å². The van der Waals surface area contributed by atoms with Crippen LogP contribution >= 0.6 is 0 Å². The van der Waals surface area contributed by atoms with E-state index in [1.165, 1.54) is 58.2 Å². The molecule has 0 saturated heterocycles. The van der Waals surface area contributed by atoms with Crippen molar-refractivity contribution in [3.05, 3.63) is 94.4 Å². The van der Waals surface area contributed by atoms with Gasteiger partial charge in [-0.3, -0.25) is 0 Å². The van der Waals surface area contributed by atoms with Crippen molar-refractivity contribution in [1.29, 1.82) is 0 Å². The molecule has 5 aliphatic rings. The maximum Gasteiger partial charge on any atom is 0.175 e. The average Bonchev–Trinajstić information content (AvgIpc) is 3.16. The van der Waals surface area contributed by atoms with E-state index in [1.54, 1.807) is 6.07 Å². The molecule has 2 aliphatic heterocycles. The number of aryl methyl sites for hydroxylation is 1. The Bertz CT molecular complexity index is 1280. The average molecular weight is 430 g/mol. The fraction of sp³-hybridized carbons (Fsp3) is 0.259. The van der Waals surface area contributed by atoms with Crippen molar-refractivity contribution >= 4 is 15.9 Å². The van der Waals surface area contributed by atoms with Crippen LogP contribution in [0.2, 0.25) is 0 Å². The third kappa shape index (κ3) is 4.05. The second-order valence-corrected chi connectivity index (χ2v) is 10.6. The summed E-state index contributed by atoms with van der Waals surface area (Å²) in [5.74, 6) is 0. The van der Waals surface area contributed by atoms with Crippen LogP contribution in [0, 0.1) is 0 Å². The van der Waals surface area contributed by atoms with Crippen molar-refractivity contribution in [1.82, 2.24) is 5.32 Å². The number of hydrogen-bond acceptors (Lipinski definition) is 3. The molecule has 2 heterocycles. The number of allylic oxidation sites excluding steroid dienone is 6. The molecule has 3 nitrogen and oxygen atoms in total. The summed E-state index contributed by atoms with van der Waals surface area (Å²) in [6, 6.07) is 9.90. The first-order valence-electron chi connectivity index (χ1n) is 11.0. The van der Waals surface area contributed by atoms with E-state index in [9.17, 15) is 8.42 Å². The van der Waals surface area contributed by atoms with Crippen molar-refractivity contribution < 1.29 is 8.42 Å². The molecule has 0 radical (unpaired) electrons. The van der Waals surface area contributed by atoms with Crippen molar-refractivity contribution in [2.24, 2.45) is 0 Å². The van der Waals surface area contributed by atoms with Gasteiger partial charge in [-0.1, -0.05) is 36.4 Å². The Labute approximate surface area is 184 Å². The van der Waals surface area contributed by atoms with Crippen LogP contribution in [0.25, 0.3) is 17.2 Å². The molecule has 0 spiro atoms. The fourth-order valence-electron chi connectivity index (χ4n) is 4.82. The predicted molar refractivity (Wildman–Crippen MR) is 127 cm³/mol. The summed E-state index contributed by atoms with van der Waals surface area (Å²) < 4.78 is 23.7. The highest BCUT2D eigenvalue weighted by molar-refractivity contribution is 7.90. The summed E-state index contributed by atoms with van der Waals surface area (Å²) in [7, 11) is -3.17. The van der Waals surface area contributed by atoms with Gasteiger partial charge in [0.2, 0.25) is 0 Å². The van der Waals surface area contributed by atoms with Gasteiger partial charge in [-0.15, -0.1) is 0 Å². The SMILES string of the molecule is C1=CC2=CC=C(CC2)N1.CS(=O)(=O)c1ccc2c(c1)-c1ccc3c(c1CC2)CCC=C3. The first-order valence-corrected chi connectivity index (χ1v) is 12.9. The van der Waals surface area contributed by atoms with E-state index in [0.29, 0.717) is 4.90 Å². The van der Waals surface area contributed by atoms with Crippen LogP contribution in [0.3, 0.4) is 0 Å². The lowest BCUT2D eigenvalue weighted by atomic mass is 9.80. The maximum absolute atomic E-state index is 11.9. The molecule has 2 aromatic rings. The van der Waals surface area contributed by atoms with Gasteiger partial charge in [-0.2, -0.15) is 0 Å². The molecule has 0 saturated carbocycles. The Hall–Kier alpha value is -2.85. The molecule has 7 rings (SSSR count).